The van der Waals surface area contributed by atoms with Gasteiger partial charge in [0.15, 0.2) is 0 Å². The fraction of sp³-hybridized carbons (Fsp3) is 0.615. The molecule has 0 bridgehead atoms. The molecule has 1 atom stereocenters. The van der Waals surface area contributed by atoms with Crippen LogP contribution in [0.25, 0.3) is 0 Å². The van der Waals surface area contributed by atoms with Crippen molar-refractivity contribution < 1.29 is 9.90 Å². The molecule has 18 heavy (non-hydrogen) atoms. The van der Waals surface area contributed by atoms with E-state index >= 15 is 0 Å². The highest BCUT2D eigenvalue weighted by Crippen LogP contribution is 2.25. The van der Waals surface area contributed by atoms with Gasteiger partial charge < -0.3 is 10.0 Å². The van der Waals surface area contributed by atoms with Crippen molar-refractivity contribution in [2.75, 3.05) is 11.4 Å². The highest BCUT2D eigenvalue weighted by Gasteiger charge is 2.28. The molecule has 1 unspecified atom stereocenters. The summed E-state index contributed by atoms with van der Waals surface area (Å²) in [6.45, 7) is 5.04. The lowest BCUT2D eigenvalue weighted by Gasteiger charge is -2.23. The van der Waals surface area contributed by atoms with E-state index in [4.69, 9.17) is 5.11 Å². The predicted molar refractivity (Wildman–Crippen MR) is 68.7 cm³/mol. The minimum absolute atomic E-state index is 0.0346. The average Bonchev–Trinajstić information content (AvgIpc) is 2.76. The molecule has 1 aromatic heterocycles. The molecular formula is C13H19N3O2. The van der Waals surface area contributed by atoms with Crippen LogP contribution >= 0.6 is 0 Å². The van der Waals surface area contributed by atoms with Crippen molar-refractivity contribution in [2.45, 2.75) is 45.1 Å². The number of hydrogen-bond donors (Lipinski definition) is 1. The molecule has 1 N–H and O–H groups in total. The van der Waals surface area contributed by atoms with Gasteiger partial charge in [-0.1, -0.05) is 13.8 Å². The van der Waals surface area contributed by atoms with Crippen LogP contribution in [0.4, 0.5) is 5.95 Å². The van der Waals surface area contributed by atoms with E-state index < -0.39 is 5.97 Å². The van der Waals surface area contributed by atoms with Gasteiger partial charge >= 0.3 is 5.97 Å². The number of anilines is 1. The molecule has 2 heterocycles. The van der Waals surface area contributed by atoms with Crippen LogP contribution in [0.1, 0.15) is 44.6 Å². The molecule has 2 rings (SSSR count). The van der Waals surface area contributed by atoms with E-state index in [1.54, 1.807) is 0 Å². The van der Waals surface area contributed by atoms with Crippen molar-refractivity contribution in [3.8, 4) is 0 Å². The number of hydrogen-bond acceptors (Lipinski definition) is 4. The van der Waals surface area contributed by atoms with Crippen molar-refractivity contribution in [3.05, 3.63) is 18.0 Å². The smallest absolute Gasteiger partial charge is 0.305 e. The maximum Gasteiger partial charge on any atom is 0.305 e. The summed E-state index contributed by atoms with van der Waals surface area (Å²) in [7, 11) is 0. The van der Waals surface area contributed by atoms with Crippen LogP contribution in [0.15, 0.2) is 12.4 Å². The summed E-state index contributed by atoms with van der Waals surface area (Å²) in [5.41, 5.74) is 1.10. The first-order valence-electron chi connectivity index (χ1n) is 6.38. The van der Waals surface area contributed by atoms with Crippen LogP contribution in [0.5, 0.6) is 0 Å². The number of carboxylic acid groups (broad SMARTS) is 1. The Hall–Kier alpha value is -1.65. The Bertz CT molecular complexity index is 417. The van der Waals surface area contributed by atoms with Crippen molar-refractivity contribution in [1.29, 1.82) is 0 Å². The van der Waals surface area contributed by atoms with Gasteiger partial charge in [-0.05, 0) is 24.3 Å². The third-order valence-electron chi connectivity index (χ3n) is 3.37. The normalized spacial score (nSPS) is 19.5. The summed E-state index contributed by atoms with van der Waals surface area (Å²) in [6.07, 6.45) is 5.75. The SMILES string of the molecule is CC(C)c1cnc(N2CCCC2CC(=O)O)nc1. The zero-order valence-corrected chi connectivity index (χ0v) is 10.8. The highest BCUT2D eigenvalue weighted by atomic mass is 16.4. The lowest BCUT2D eigenvalue weighted by Crippen LogP contribution is -2.32. The van der Waals surface area contributed by atoms with E-state index in [0.29, 0.717) is 11.9 Å². The number of aromatic nitrogens is 2. The Kier molecular flexibility index (Phi) is 3.79. The fourth-order valence-electron chi connectivity index (χ4n) is 2.29. The Morgan fingerprint density at radius 3 is 2.72 bits per heavy atom. The van der Waals surface area contributed by atoms with E-state index in [1.807, 2.05) is 17.3 Å². The summed E-state index contributed by atoms with van der Waals surface area (Å²) in [5.74, 6) is 0.307. The van der Waals surface area contributed by atoms with Crippen LogP contribution in [0.3, 0.4) is 0 Å². The van der Waals surface area contributed by atoms with Crippen LogP contribution in [0.2, 0.25) is 0 Å². The Morgan fingerprint density at radius 1 is 1.50 bits per heavy atom. The zero-order valence-electron chi connectivity index (χ0n) is 10.8. The molecule has 1 fully saturated rings. The second-order valence-corrected chi connectivity index (χ2v) is 5.06. The first-order chi connectivity index (χ1) is 8.58. The molecule has 1 aromatic rings. The lowest BCUT2D eigenvalue weighted by molar-refractivity contribution is -0.137. The van der Waals surface area contributed by atoms with E-state index in [0.717, 1.165) is 24.9 Å². The Morgan fingerprint density at radius 2 is 2.17 bits per heavy atom. The largest absolute Gasteiger partial charge is 0.481 e. The summed E-state index contributed by atoms with van der Waals surface area (Å²) in [6, 6.07) is 0.0346. The Labute approximate surface area is 107 Å². The summed E-state index contributed by atoms with van der Waals surface area (Å²) in [5, 5.41) is 8.89. The van der Waals surface area contributed by atoms with Gasteiger partial charge in [0.05, 0.1) is 6.42 Å². The van der Waals surface area contributed by atoms with E-state index in [2.05, 4.69) is 23.8 Å². The third kappa shape index (κ3) is 2.78. The van der Waals surface area contributed by atoms with Gasteiger partial charge in [-0.15, -0.1) is 0 Å². The molecule has 0 radical (unpaired) electrons. The molecule has 1 saturated heterocycles. The van der Waals surface area contributed by atoms with Gasteiger partial charge in [0.2, 0.25) is 5.95 Å². The molecule has 0 amide bonds. The topological polar surface area (TPSA) is 66.3 Å². The molecule has 0 saturated carbocycles. The fourth-order valence-corrected chi connectivity index (χ4v) is 2.29. The van der Waals surface area contributed by atoms with E-state index in [1.165, 1.54) is 0 Å². The molecule has 0 spiro atoms. The predicted octanol–water partition coefficient (Wildman–Crippen LogP) is 2.04. The molecule has 1 aliphatic heterocycles. The maximum absolute atomic E-state index is 10.8. The van der Waals surface area contributed by atoms with Gasteiger partial charge in [0.1, 0.15) is 0 Å². The molecule has 1 aliphatic rings. The van der Waals surface area contributed by atoms with Crippen LogP contribution < -0.4 is 4.90 Å². The quantitative estimate of drug-likeness (QED) is 0.884. The number of rotatable bonds is 4. The standard InChI is InChI=1S/C13H19N3O2/c1-9(2)10-7-14-13(15-8-10)16-5-3-4-11(16)6-12(17)18/h7-9,11H,3-6H2,1-2H3,(H,17,18). The molecular weight excluding hydrogens is 230 g/mol. The summed E-state index contributed by atoms with van der Waals surface area (Å²) < 4.78 is 0. The van der Waals surface area contributed by atoms with Crippen molar-refractivity contribution in [2.24, 2.45) is 0 Å². The lowest BCUT2D eigenvalue weighted by atomic mass is 10.1. The van der Waals surface area contributed by atoms with Gasteiger partial charge in [-0.25, -0.2) is 9.97 Å². The first kappa shape index (κ1) is 12.8. The van der Waals surface area contributed by atoms with Gasteiger partial charge in [0, 0.05) is 25.0 Å². The minimum Gasteiger partial charge on any atom is -0.481 e. The zero-order chi connectivity index (χ0) is 13.1. The highest BCUT2D eigenvalue weighted by molar-refractivity contribution is 5.68. The second-order valence-electron chi connectivity index (χ2n) is 5.06. The molecule has 98 valence electrons. The van der Waals surface area contributed by atoms with E-state index in [-0.39, 0.29) is 12.5 Å². The van der Waals surface area contributed by atoms with Crippen LogP contribution in [-0.2, 0) is 4.79 Å². The van der Waals surface area contributed by atoms with Crippen molar-refractivity contribution >= 4 is 11.9 Å². The molecule has 5 heteroatoms. The van der Waals surface area contributed by atoms with E-state index in [9.17, 15) is 4.79 Å². The summed E-state index contributed by atoms with van der Waals surface area (Å²) in [4.78, 5) is 21.5. The minimum atomic E-state index is -0.759. The average molecular weight is 249 g/mol. The first-order valence-corrected chi connectivity index (χ1v) is 6.38. The van der Waals surface area contributed by atoms with Gasteiger partial charge in [0.25, 0.3) is 0 Å². The van der Waals surface area contributed by atoms with Crippen LogP contribution in [-0.4, -0.2) is 33.6 Å². The second kappa shape index (κ2) is 5.33. The Balaban J connectivity index is 2.12. The summed E-state index contributed by atoms with van der Waals surface area (Å²) >= 11 is 0. The molecule has 0 aromatic carbocycles. The van der Waals surface area contributed by atoms with Crippen molar-refractivity contribution in [3.63, 3.8) is 0 Å². The molecule has 0 aliphatic carbocycles. The monoisotopic (exact) mass is 249 g/mol. The third-order valence-corrected chi connectivity index (χ3v) is 3.37. The van der Waals surface area contributed by atoms with Crippen molar-refractivity contribution in [1.82, 2.24) is 9.97 Å². The molecule has 5 nitrogen and oxygen atoms in total. The maximum atomic E-state index is 10.8. The number of aliphatic carboxylic acids is 1. The number of carbonyl (C=O) groups is 1. The number of nitrogens with zero attached hydrogens (tertiary/aromatic N) is 3. The van der Waals surface area contributed by atoms with Gasteiger partial charge in [-0.3, -0.25) is 4.79 Å². The number of carboxylic acids is 1. The van der Waals surface area contributed by atoms with Gasteiger partial charge in [-0.2, -0.15) is 0 Å². The van der Waals surface area contributed by atoms with Crippen LogP contribution in [0, 0.1) is 0 Å².